The fourth-order valence-electron chi connectivity index (χ4n) is 4.26. The SMILES string of the molecule is COC(=O)[C@@H]1C(=O)C2=C(C[C@@H]1C)Nc1ccccc1N[C@@H]2c1ccc(O)c(OC)c1. The van der Waals surface area contributed by atoms with E-state index in [0.717, 1.165) is 22.6 Å². The lowest BCUT2D eigenvalue weighted by molar-refractivity contribution is -0.151. The highest BCUT2D eigenvalue weighted by molar-refractivity contribution is 6.11. The van der Waals surface area contributed by atoms with Gasteiger partial charge in [-0.1, -0.05) is 25.1 Å². The van der Waals surface area contributed by atoms with Crippen LogP contribution in [0.5, 0.6) is 11.5 Å². The molecule has 0 spiro atoms. The molecule has 7 heteroatoms. The second kappa shape index (κ2) is 7.74. The fraction of sp³-hybridized carbons (Fsp3) is 0.304. The van der Waals surface area contributed by atoms with E-state index in [1.807, 2.05) is 31.2 Å². The summed E-state index contributed by atoms with van der Waals surface area (Å²) in [7, 11) is 2.77. The van der Waals surface area contributed by atoms with Crippen LogP contribution in [0, 0.1) is 11.8 Å². The molecule has 156 valence electrons. The maximum absolute atomic E-state index is 13.6. The number of ether oxygens (including phenoxy) is 2. The lowest BCUT2D eigenvalue weighted by Crippen LogP contribution is -2.39. The number of benzene rings is 2. The zero-order valence-corrected chi connectivity index (χ0v) is 17.1. The fourth-order valence-corrected chi connectivity index (χ4v) is 4.26. The lowest BCUT2D eigenvalue weighted by Gasteiger charge is -2.32. The summed E-state index contributed by atoms with van der Waals surface area (Å²) in [4.78, 5) is 26.0. The van der Waals surface area contributed by atoms with Crippen LogP contribution >= 0.6 is 0 Å². The van der Waals surface area contributed by atoms with E-state index < -0.39 is 17.9 Å². The molecule has 0 saturated carbocycles. The van der Waals surface area contributed by atoms with E-state index in [1.165, 1.54) is 20.3 Å². The smallest absolute Gasteiger partial charge is 0.316 e. The molecule has 0 fully saturated rings. The summed E-state index contributed by atoms with van der Waals surface area (Å²) in [5.74, 6) is -1.53. The standard InChI is InChI=1S/C23H24N2O5/c1-12-10-16-20(22(27)19(12)23(28)30-3)21(13-8-9-17(26)18(11-13)29-2)25-15-7-5-4-6-14(15)24-16/h4-9,11-12,19,21,24-26H,10H2,1-3H3/t12-,19-,21+/m0/s1. The second-order valence-electron chi connectivity index (χ2n) is 7.62. The molecule has 0 amide bonds. The van der Waals surface area contributed by atoms with Gasteiger partial charge in [-0.3, -0.25) is 9.59 Å². The van der Waals surface area contributed by atoms with Crippen molar-refractivity contribution in [2.24, 2.45) is 11.8 Å². The van der Waals surface area contributed by atoms with Gasteiger partial charge >= 0.3 is 5.97 Å². The number of nitrogens with one attached hydrogen (secondary N) is 2. The van der Waals surface area contributed by atoms with Gasteiger partial charge in [0.2, 0.25) is 0 Å². The monoisotopic (exact) mass is 408 g/mol. The minimum Gasteiger partial charge on any atom is -0.504 e. The van der Waals surface area contributed by atoms with Crippen molar-refractivity contribution in [1.29, 1.82) is 0 Å². The molecule has 1 aliphatic carbocycles. The number of methoxy groups -OCH3 is 2. The van der Waals surface area contributed by atoms with Gasteiger partial charge in [-0.05, 0) is 42.2 Å². The highest BCUT2D eigenvalue weighted by Crippen LogP contribution is 2.44. The molecule has 3 N–H and O–H groups in total. The zero-order valence-electron chi connectivity index (χ0n) is 17.1. The third kappa shape index (κ3) is 3.26. The number of esters is 1. The van der Waals surface area contributed by atoms with E-state index in [-0.39, 0.29) is 17.5 Å². The van der Waals surface area contributed by atoms with Crippen molar-refractivity contribution in [2.45, 2.75) is 19.4 Å². The molecular weight excluding hydrogens is 384 g/mol. The summed E-state index contributed by atoms with van der Waals surface area (Å²) in [5.41, 5.74) is 3.70. The first-order chi connectivity index (χ1) is 14.4. The number of aromatic hydroxyl groups is 1. The van der Waals surface area contributed by atoms with E-state index in [0.29, 0.717) is 17.7 Å². The van der Waals surface area contributed by atoms with Gasteiger partial charge in [0.05, 0.1) is 31.6 Å². The number of ketones is 1. The topological polar surface area (TPSA) is 96.9 Å². The van der Waals surface area contributed by atoms with E-state index in [2.05, 4.69) is 10.6 Å². The van der Waals surface area contributed by atoms with Gasteiger partial charge in [0.15, 0.2) is 17.3 Å². The molecule has 1 heterocycles. The van der Waals surface area contributed by atoms with Crippen LogP contribution in [-0.2, 0) is 14.3 Å². The Hall–Kier alpha value is -3.48. The molecule has 0 bridgehead atoms. The van der Waals surface area contributed by atoms with Gasteiger partial charge in [0.1, 0.15) is 5.92 Å². The Morgan fingerprint density at radius 2 is 1.87 bits per heavy atom. The molecule has 4 rings (SSSR count). The average Bonchev–Trinajstić information content (AvgIpc) is 2.90. The predicted octanol–water partition coefficient (Wildman–Crippen LogP) is 3.63. The molecule has 0 aromatic heterocycles. The highest BCUT2D eigenvalue weighted by atomic mass is 16.5. The first-order valence-corrected chi connectivity index (χ1v) is 9.79. The van der Waals surface area contributed by atoms with Gasteiger partial charge in [-0.15, -0.1) is 0 Å². The Kier molecular flexibility index (Phi) is 5.11. The molecule has 1 aliphatic heterocycles. The summed E-state index contributed by atoms with van der Waals surface area (Å²) in [6.45, 7) is 1.88. The van der Waals surface area contributed by atoms with Crippen LogP contribution in [-0.4, -0.2) is 31.1 Å². The van der Waals surface area contributed by atoms with Crippen LogP contribution < -0.4 is 15.4 Å². The zero-order chi connectivity index (χ0) is 21.4. The number of para-hydroxylation sites is 2. The van der Waals surface area contributed by atoms with Crippen LogP contribution in [0.4, 0.5) is 11.4 Å². The average molecular weight is 408 g/mol. The minimum atomic E-state index is -0.861. The van der Waals surface area contributed by atoms with Gasteiger partial charge < -0.3 is 25.2 Å². The number of carbonyl (C=O) groups is 2. The third-order valence-electron chi connectivity index (χ3n) is 5.76. The molecule has 30 heavy (non-hydrogen) atoms. The Morgan fingerprint density at radius 3 is 2.57 bits per heavy atom. The number of hydrogen-bond donors (Lipinski definition) is 3. The van der Waals surface area contributed by atoms with Crippen molar-refractivity contribution in [3.05, 3.63) is 59.3 Å². The number of fused-ring (bicyclic) bond motifs is 1. The third-order valence-corrected chi connectivity index (χ3v) is 5.76. The quantitative estimate of drug-likeness (QED) is 0.527. The largest absolute Gasteiger partial charge is 0.504 e. The number of rotatable bonds is 3. The summed E-state index contributed by atoms with van der Waals surface area (Å²) in [6.07, 6.45) is 0.530. The number of phenolic OH excluding ortho intramolecular Hbond substituents is 1. The Bertz CT molecular complexity index is 1050. The van der Waals surface area contributed by atoms with Crippen LogP contribution in [0.2, 0.25) is 0 Å². The Balaban J connectivity index is 1.89. The number of Topliss-reactive ketones (excluding diaryl/α,β-unsaturated/α-hetero) is 1. The van der Waals surface area contributed by atoms with Crippen LogP contribution in [0.3, 0.4) is 0 Å². The summed E-state index contributed by atoms with van der Waals surface area (Å²) >= 11 is 0. The molecular formula is C23H24N2O5. The number of allylic oxidation sites excluding steroid dienone is 1. The van der Waals surface area contributed by atoms with Gasteiger partial charge in [0.25, 0.3) is 0 Å². The summed E-state index contributed by atoms with van der Waals surface area (Å²) in [6, 6.07) is 12.1. The van der Waals surface area contributed by atoms with Crippen LogP contribution in [0.25, 0.3) is 0 Å². The first kappa shape index (κ1) is 19.8. The minimum absolute atomic E-state index is 0.0126. The first-order valence-electron chi connectivity index (χ1n) is 9.79. The Labute approximate surface area is 174 Å². The second-order valence-corrected chi connectivity index (χ2v) is 7.62. The number of phenols is 1. The maximum atomic E-state index is 13.6. The van der Waals surface area contributed by atoms with Crippen LogP contribution in [0.15, 0.2) is 53.7 Å². The van der Waals surface area contributed by atoms with Crippen molar-refractivity contribution in [2.75, 3.05) is 24.9 Å². The van der Waals surface area contributed by atoms with E-state index in [9.17, 15) is 14.7 Å². The lowest BCUT2D eigenvalue weighted by atomic mass is 9.75. The number of hydrogen-bond acceptors (Lipinski definition) is 7. The van der Waals surface area contributed by atoms with E-state index >= 15 is 0 Å². The molecule has 0 radical (unpaired) electrons. The number of anilines is 2. The molecule has 7 nitrogen and oxygen atoms in total. The molecule has 2 aromatic carbocycles. The van der Waals surface area contributed by atoms with Crippen molar-refractivity contribution in [3.8, 4) is 11.5 Å². The summed E-state index contributed by atoms with van der Waals surface area (Å²) < 4.78 is 10.2. The molecule has 0 unspecified atom stereocenters. The van der Waals surface area contributed by atoms with Gasteiger partial charge in [0, 0.05) is 11.3 Å². The van der Waals surface area contributed by atoms with Gasteiger partial charge in [-0.25, -0.2) is 0 Å². The number of carbonyl (C=O) groups excluding carboxylic acids is 2. The summed E-state index contributed by atoms with van der Waals surface area (Å²) in [5, 5.41) is 16.9. The van der Waals surface area contributed by atoms with Gasteiger partial charge in [-0.2, -0.15) is 0 Å². The van der Waals surface area contributed by atoms with Crippen LogP contribution in [0.1, 0.15) is 24.9 Å². The normalized spacial score (nSPS) is 22.8. The van der Waals surface area contributed by atoms with Crippen molar-refractivity contribution in [3.63, 3.8) is 0 Å². The molecule has 0 saturated heterocycles. The predicted molar refractivity (Wildman–Crippen MR) is 112 cm³/mol. The van der Waals surface area contributed by atoms with Crippen molar-refractivity contribution < 1.29 is 24.2 Å². The van der Waals surface area contributed by atoms with Crippen molar-refractivity contribution >= 4 is 23.1 Å². The molecule has 2 aromatic rings. The van der Waals surface area contributed by atoms with E-state index in [1.54, 1.807) is 12.1 Å². The molecule has 2 aliphatic rings. The molecule has 3 atom stereocenters. The van der Waals surface area contributed by atoms with E-state index in [4.69, 9.17) is 9.47 Å². The maximum Gasteiger partial charge on any atom is 0.316 e. The Morgan fingerprint density at radius 1 is 1.13 bits per heavy atom. The van der Waals surface area contributed by atoms with Crippen molar-refractivity contribution in [1.82, 2.24) is 0 Å². The highest BCUT2D eigenvalue weighted by Gasteiger charge is 2.44.